The Morgan fingerprint density at radius 2 is 2.10 bits per heavy atom. The number of amides is 1. The maximum Gasteiger partial charge on any atom is 0.323 e. The molecule has 0 aromatic carbocycles. The molecule has 0 fully saturated rings. The van der Waals surface area contributed by atoms with Crippen LogP contribution in [-0.4, -0.2) is 47.6 Å². The summed E-state index contributed by atoms with van der Waals surface area (Å²) in [5.74, 6) is 5.74. The minimum atomic E-state index is -0.126. The molecule has 1 amide bonds. The third kappa shape index (κ3) is 4.50. The zero-order valence-corrected chi connectivity index (χ0v) is 12.0. The predicted molar refractivity (Wildman–Crippen MR) is 75.4 cm³/mol. The summed E-state index contributed by atoms with van der Waals surface area (Å²) in [6.45, 7) is 5.05. The third-order valence-electron chi connectivity index (χ3n) is 2.40. The predicted octanol–water partition coefficient (Wildman–Crippen LogP) is -0.482. The molecule has 20 heavy (non-hydrogen) atoms. The minimum absolute atomic E-state index is 0.126. The number of rotatable bonds is 8. The molecule has 1 rings (SSSR count). The van der Waals surface area contributed by atoms with Crippen LogP contribution >= 0.6 is 0 Å². The minimum Gasteiger partial charge on any atom is -0.464 e. The number of nitrogens with two attached hydrogens (primary N) is 1. The second-order valence-electron chi connectivity index (χ2n) is 3.91. The van der Waals surface area contributed by atoms with Crippen molar-refractivity contribution in [2.75, 3.05) is 37.1 Å². The van der Waals surface area contributed by atoms with E-state index >= 15 is 0 Å². The number of nitrogen functional groups attached to an aromatic ring is 1. The molecule has 1 aromatic heterocycles. The summed E-state index contributed by atoms with van der Waals surface area (Å²) >= 11 is 0. The van der Waals surface area contributed by atoms with Gasteiger partial charge >= 0.3 is 6.01 Å². The van der Waals surface area contributed by atoms with Gasteiger partial charge in [0.25, 0.3) is 0 Å². The van der Waals surface area contributed by atoms with Crippen molar-refractivity contribution < 1.29 is 9.53 Å². The van der Waals surface area contributed by atoms with Crippen LogP contribution in [0.4, 0.5) is 11.9 Å². The van der Waals surface area contributed by atoms with Gasteiger partial charge in [0.15, 0.2) is 0 Å². The Morgan fingerprint density at radius 3 is 2.65 bits per heavy atom. The van der Waals surface area contributed by atoms with E-state index in [0.29, 0.717) is 19.1 Å². The van der Waals surface area contributed by atoms with Crippen molar-refractivity contribution in [3.8, 4) is 6.01 Å². The van der Waals surface area contributed by atoms with Crippen LogP contribution in [0.25, 0.3) is 0 Å². The number of carbonyl (C=O) groups excluding carboxylic acids is 1. The molecule has 9 nitrogen and oxygen atoms in total. The van der Waals surface area contributed by atoms with Crippen LogP contribution in [0.3, 0.4) is 0 Å². The monoisotopic (exact) mass is 283 g/mol. The molecule has 1 aromatic rings. The molecule has 0 bridgehead atoms. The van der Waals surface area contributed by atoms with Gasteiger partial charge in [-0.25, -0.2) is 5.84 Å². The van der Waals surface area contributed by atoms with E-state index in [9.17, 15) is 4.79 Å². The van der Waals surface area contributed by atoms with Gasteiger partial charge in [0.2, 0.25) is 17.8 Å². The Morgan fingerprint density at radius 1 is 1.35 bits per heavy atom. The fourth-order valence-corrected chi connectivity index (χ4v) is 1.52. The molecule has 112 valence electrons. The van der Waals surface area contributed by atoms with Crippen LogP contribution in [0.15, 0.2) is 0 Å². The third-order valence-corrected chi connectivity index (χ3v) is 2.40. The largest absolute Gasteiger partial charge is 0.464 e. The number of anilines is 2. The zero-order chi connectivity index (χ0) is 15.0. The fourth-order valence-electron chi connectivity index (χ4n) is 1.52. The highest BCUT2D eigenvalue weighted by molar-refractivity contribution is 5.80. The molecule has 0 aliphatic heterocycles. The molecule has 4 N–H and O–H groups in total. The van der Waals surface area contributed by atoms with Gasteiger partial charge in [-0.1, -0.05) is 6.92 Å². The standard InChI is InChI=1S/C11H21N7O2/c1-4-6-18(7-8(19)13-3)10-14-9(17-12)15-11(16-10)20-5-2/h4-7,12H2,1-3H3,(H,13,19)(H,14,15,16,17). The van der Waals surface area contributed by atoms with Gasteiger partial charge in [0, 0.05) is 13.6 Å². The number of nitrogens with zero attached hydrogens (tertiary/aromatic N) is 4. The van der Waals surface area contributed by atoms with E-state index in [1.807, 2.05) is 13.8 Å². The second-order valence-corrected chi connectivity index (χ2v) is 3.91. The van der Waals surface area contributed by atoms with Crippen LogP contribution in [0.1, 0.15) is 20.3 Å². The average Bonchev–Trinajstić information content (AvgIpc) is 2.46. The number of carbonyl (C=O) groups is 1. The maximum atomic E-state index is 11.5. The van der Waals surface area contributed by atoms with Gasteiger partial charge in [-0.3, -0.25) is 10.2 Å². The quantitative estimate of drug-likeness (QED) is 0.432. The second kappa shape index (κ2) is 8.10. The van der Waals surface area contributed by atoms with Crippen LogP contribution in [0.5, 0.6) is 6.01 Å². The Labute approximate surface area is 117 Å². The van der Waals surface area contributed by atoms with E-state index in [1.54, 1.807) is 11.9 Å². The van der Waals surface area contributed by atoms with Crippen molar-refractivity contribution >= 4 is 17.8 Å². The molecule has 0 atom stereocenters. The van der Waals surface area contributed by atoms with Gasteiger partial charge in [-0.05, 0) is 13.3 Å². The zero-order valence-electron chi connectivity index (χ0n) is 12.0. The van der Waals surface area contributed by atoms with E-state index in [1.165, 1.54) is 0 Å². The number of hydrogen-bond acceptors (Lipinski definition) is 8. The average molecular weight is 283 g/mol. The van der Waals surface area contributed by atoms with Crippen molar-refractivity contribution in [1.82, 2.24) is 20.3 Å². The normalized spacial score (nSPS) is 10.0. The number of hydrogen-bond donors (Lipinski definition) is 3. The molecule has 0 saturated carbocycles. The van der Waals surface area contributed by atoms with Gasteiger partial charge in [-0.2, -0.15) is 15.0 Å². The summed E-state index contributed by atoms with van der Waals surface area (Å²) in [5.41, 5.74) is 2.36. The molecule has 0 saturated heterocycles. The molecular weight excluding hydrogens is 262 g/mol. The number of nitrogens with one attached hydrogen (secondary N) is 2. The van der Waals surface area contributed by atoms with Gasteiger partial charge in [-0.15, -0.1) is 0 Å². The SMILES string of the molecule is CCCN(CC(=O)NC)c1nc(NN)nc(OCC)n1. The molecule has 0 radical (unpaired) electrons. The lowest BCUT2D eigenvalue weighted by atomic mass is 10.4. The summed E-state index contributed by atoms with van der Waals surface area (Å²) in [6.07, 6.45) is 0.845. The number of hydrazine groups is 1. The summed E-state index contributed by atoms with van der Waals surface area (Å²) < 4.78 is 5.26. The fraction of sp³-hybridized carbons (Fsp3) is 0.636. The van der Waals surface area contributed by atoms with Crippen molar-refractivity contribution in [2.24, 2.45) is 5.84 Å². The first-order valence-electron chi connectivity index (χ1n) is 6.45. The Kier molecular flexibility index (Phi) is 6.44. The van der Waals surface area contributed by atoms with E-state index in [4.69, 9.17) is 10.6 Å². The first-order valence-corrected chi connectivity index (χ1v) is 6.45. The van der Waals surface area contributed by atoms with Crippen molar-refractivity contribution in [2.45, 2.75) is 20.3 Å². The van der Waals surface area contributed by atoms with Gasteiger partial charge in [0.05, 0.1) is 13.2 Å². The van der Waals surface area contributed by atoms with Crippen molar-refractivity contribution in [3.05, 3.63) is 0 Å². The first kappa shape index (κ1) is 15.9. The Bertz CT molecular complexity index is 441. The molecule has 9 heteroatoms. The highest BCUT2D eigenvalue weighted by Gasteiger charge is 2.16. The number of likely N-dealkylation sites (N-methyl/N-ethyl adjacent to an activating group) is 1. The summed E-state index contributed by atoms with van der Waals surface area (Å²) in [7, 11) is 1.58. The van der Waals surface area contributed by atoms with Crippen molar-refractivity contribution in [1.29, 1.82) is 0 Å². The molecule has 0 spiro atoms. The van der Waals surface area contributed by atoms with Crippen LogP contribution in [-0.2, 0) is 4.79 Å². The van der Waals surface area contributed by atoms with Gasteiger partial charge in [0.1, 0.15) is 0 Å². The van der Waals surface area contributed by atoms with Crippen molar-refractivity contribution in [3.63, 3.8) is 0 Å². The molecular formula is C11H21N7O2. The Hall–Kier alpha value is -2.16. The number of ether oxygens (including phenoxy) is 1. The molecule has 0 aliphatic rings. The van der Waals surface area contributed by atoms with Crippen LogP contribution in [0, 0.1) is 0 Å². The molecule has 0 aliphatic carbocycles. The van der Waals surface area contributed by atoms with Gasteiger partial charge < -0.3 is 15.0 Å². The smallest absolute Gasteiger partial charge is 0.323 e. The van der Waals surface area contributed by atoms with E-state index in [-0.39, 0.29) is 24.4 Å². The highest BCUT2D eigenvalue weighted by atomic mass is 16.5. The number of aromatic nitrogens is 3. The lowest BCUT2D eigenvalue weighted by Crippen LogP contribution is -2.37. The van der Waals surface area contributed by atoms with E-state index < -0.39 is 0 Å². The molecule has 1 heterocycles. The topological polar surface area (TPSA) is 118 Å². The lowest BCUT2D eigenvalue weighted by molar-refractivity contribution is -0.119. The van der Waals surface area contributed by atoms with Crippen LogP contribution in [0.2, 0.25) is 0 Å². The molecule has 0 unspecified atom stereocenters. The first-order chi connectivity index (χ1) is 9.64. The van der Waals surface area contributed by atoms with Crippen LogP contribution < -0.4 is 26.2 Å². The van der Waals surface area contributed by atoms with E-state index in [2.05, 4.69) is 25.7 Å². The summed E-state index contributed by atoms with van der Waals surface area (Å²) in [5, 5.41) is 2.57. The maximum absolute atomic E-state index is 11.5. The Balaban J connectivity index is 3.03. The van der Waals surface area contributed by atoms with E-state index in [0.717, 1.165) is 6.42 Å². The highest BCUT2D eigenvalue weighted by Crippen LogP contribution is 2.14. The summed E-state index contributed by atoms with van der Waals surface area (Å²) in [4.78, 5) is 25.6. The lowest BCUT2D eigenvalue weighted by Gasteiger charge is -2.21. The summed E-state index contributed by atoms with van der Waals surface area (Å²) in [6, 6.07) is 0.170.